The predicted octanol–water partition coefficient (Wildman–Crippen LogP) is 3.25. The van der Waals surface area contributed by atoms with Crippen LogP contribution >= 0.6 is 12.4 Å². The largest absolute Gasteiger partial charge is 0.507 e. The third kappa shape index (κ3) is 5.77. The van der Waals surface area contributed by atoms with E-state index in [9.17, 15) is 34.8 Å². The van der Waals surface area contributed by atoms with Gasteiger partial charge in [0, 0.05) is 49.0 Å². The summed E-state index contributed by atoms with van der Waals surface area (Å²) in [5, 5.41) is 45.5. The molecule has 2 aromatic rings. The fraction of sp³-hybridized carbons (Fsp3) is 0.515. The summed E-state index contributed by atoms with van der Waals surface area (Å²) >= 11 is 0. The van der Waals surface area contributed by atoms with Crippen molar-refractivity contribution in [3.8, 4) is 17.2 Å². The van der Waals surface area contributed by atoms with Crippen LogP contribution in [-0.2, 0) is 20.7 Å². The fourth-order valence-corrected chi connectivity index (χ4v) is 6.73. The second-order valence-electron chi connectivity index (χ2n) is 11.9. The number of phenolic OH excluding ortho intramolecular Hbond substituents is 2. The number of ketones is 3. The van der Waals surface area contributed by atoms with Crippen LogP contribution in [0, 0.1) is 0 Å². The second kappa shape index (κ2) is 13.3. The minimum atomic E-state index is -2.02. The van der Waals surface area contributed by atoms with Gasteiger partial charge in [0.25, 0.3) is 0 Å². The van der Waals surface area contributed by atoms with Crippen LogP contribution in [0.3, 0.4) is 0 Å². The highest BCUT2D eigenvalue weighted by Gasteiger charge is 2.49. The highest BCUT2D eigenvalue weighted by molar-refractivity contribution is 6.31. The van der Waals surface area contributed by atoms with E-state index in [0.717, 1.165) is 18.9 Å². The monoisotopic (exact) mass is 660 g/mol. The molecule has 4 unspecified atom stereocenters. The van der Waals surface area contributed by atoms with Crippen LogP contribution in [0.15, 0.2) is 23.2 Å². The van der Waals surface area contributed by atoms with E-state index >= 15 is 0 Å². The summed E-state index contributed by atoms with van der Waals surface area (Å²) in [6.07, 6.45) is -4.55. The Bertz CT molecular complexity index is 1590. The predicted molar refractivity (Wildman–Crippen MR) is 169 cm³/mol. The van der Waals surface area contributed by atoms with Crippen molar-refractivity contribution in [2.75, 3.05) is 20.2 Å². The van der Waals surface area contributed by atoms with Gasteiger partial charge >= 0.3 is 0 Å². The lowest BCUT2D eigenvalue weighted by atomic mass is 9.72. The highest BCUT2D eigenvalue weighted by Crippen LogP contribution is 2.52. The summed E-state index contributed by atoms with van der Waals surface area (Å²) < 4.78 is 17.6. The van der Waals surface area contributed by atoms with Crippen LogP contribution < -0.4 is 4.74 Å². The van der Waals surface area contributed by atoms with Crippen LogP contribution in [0.4, 0.5) is 0 Å². The number of halogens is 1. The van der Waals surface area contributed by atoms with E-state index < -0.39 is 82.6 Å². The van der Waals surface area contributed by atoms with Gasteiger partial charge < -0.3 is 39.5 Å². The number of aromatic hydroxyl groups is 2. The lowest BCUT2D eigenvalue weighted by molar-refractivity contribution is -0.247. The van der Waals surface area contributed by atoms with Crippen molar-refractivity contribution in [3.05, 3.63) is 51.6 Å². The molecule has 46 heavy (non-hydrogen) atoms. The molecule has 2 aliphatic carbocycles. The van der Waals surface area contributed by atoms with Gasteiger partial charge in [0.15, 0.2) is 17.9 Å². The molecule has 1 aliphatic heterocycles. The minimum Gasteiger partial charge on any atom is -0.507 e. The molecule has 4 N–H and O–H groups in total. The molecular formula is C33H41ClN2O10. The molecular weight excluding hydrogens is 620 g/mol. The van der Waals surface area contributed by atoms with Crippen LogP contribution in [0.25, 0.3) is 0 Å². The standard InChI is InChI=1S/C33H40N2O10.ClH/c1-7-35(8-2)17(5)34-20-12-23(44-15(3)28(20)37)45-22-14-33(42,16(4)36)13-19-25(22)32(41)27-26(30(19)39)29(38)18-10-9-11-21(43-6)24(18)31(27)40;/h9-11,15,20,22-23,28,37,39,41-42H,7-8,12-14H2,1-6H3;1H/t15?,20-,22-,23?,28?,33?;/m0./s1. The number of amidine groups is 1. The lowest BCUT2D eigenvalue weighted by Gasteiger charge is -2.42. The maximum atomic E-state index is 13.8. The maximum absolute atomic E-state index is 13.8. The normalized spacial score (nSPS) is 27.2. The van der Waals surface area contributed by atoms with Crippen LogP contribution in [-0.4, -0.2) is 98.9 Å². The van der Waals surface area contributed by atoms with Crippen molar-refractivity contribution in [3.63, 3.8) is 0 Å². The summed E-state index contributed by atoms with van der Waals surface area (Å²) in [5.74, 6) is -2.42. The Balaban J connectivity index is 0.00000480. The Morgan fingerprint density at radius 1 is 1.09 bits per heavy atom. The van der Waals surface area contributed by atoms with Gasteiger partial charge in [-0.3, -0.25) is 19.4 Å². The number of carbonyl (C=O) groups excluding carboxylic acids is 3. The summed E-state index contributed by atoms with van der Waals surface area (Å²) in [6, 6.07) is 3.86. The molecule has 6 atom stereocenters. The zero-order valence-corrected chi connectivity index (χ0v) is 27.5. The number of Topliss-reactive ketones (excluding diaryl/α,β-unsaturated/α-hetero) is 1. The number of methoxy groups -OCH3 is 1. The van der Waals surface area contributed by atoms with E-state index in [1.807, 2.05) is 25.7 Å². The molecule has 2 aromatic carbocycles. The van der Waals surface area contributed by atoms with E-state index in [1.165, 1.54) is 32.2 Å². The number of rotatable bonds is 7. The van der Waals surface area contributed by atoms with Gasteiger partial charge in [-0.15, -0.1) is 12.4 Å². The number of aliphatic imine (C=N–C) groups is 1. The first-order valence-electron chi connectivity index (χ1n) is 15.2. The van der Waals surface area contributed by atoms with Gasteiger partial charge in [-0.2, -0.15) is 0 Å². The Labute approximate surface area is 273 Å². The van der Waals surface area contributed by atoms with Crippen molar-refractivity contribution in [1.82, 2.24) is 4.90 Å². The Hall–Kier alpha value is -3.55. The number of benzene rings is 2. The molecule has 1 fully saturated rings. The number of fused-ring (bicyclic) bond motifs is 3. The molecule has 0 spiro atoms. The number of hydrogen-bond acceptors (Lipinski definition) is 11. The molecule has 0 amide bonds. The number of phenols is 2. The molecule has 5 rings (SSSR count). The molecule has 13 heteroatoms. The number of aliphatic hydroxyl groups is 2. The second-order valence-corrected chi connectivity index (χ2v) is 11.9. The van der Waals surface area contributed by atoms with Crippen molar-refractivity contribution in [1.29, 1.82) is 0 Å². The third-order valence-electron chi connectivity index (χ3n) is 9.30. The van der Waals surface area contributed by atoms with E-state index in [2.05, 4.69) is 0 Å². The number of ether oxygens (including phenoxy) is 3. The quantitative estimate of drug-likeness (QED) is 0.166. The molecule has 0 saturated carbocycles. The van der Waals surface area contributed by atoms with E-state index in [1.54, 1.807) is 6.92 Å². The summed E-state index contributed by atoms with van der Waals surface area (Å²) in [5.41, 5.74) is -3.03. The first-order chi connectivity index (χ1) is 21.3. The molecule has 12 nitrogen and oxygen atoms in total. The van der Waals surface area contributed by atoms with Crippen LogP contribution in [0.2, 0.25) is 0 Å². The molecule has 0 aromatic heterocycles. The number of carbonyl (C=O) groups is 3. The zero-order valence-electron chi connectivity index (χ0n) is 26.7. The third-order valence-corrected chi connectivity index (χ3v) is 9.30. The van der Waals surface area contributed by atoms with Crippen molar-refractivity contribution in [2.45, 2.75) is 90.1 Å². The van der Waals surface area contributed by atoms with E-state index in [-0.39, 0.29) is 53.3 Å². The number of nitrogens with zero attached hydrogens (tertiary/aromatic N) is 2. The SMILES string of the molecule is CCN(CC)C(C)=N[C@H]1CC(O[C@H]2CC(O)(C(C)=O)Cc3c(O)c4c(c(O)c32)C(=O)c2c(OC)cccc2C4=O)OC(C)C1O.Cl. The number of hydrogen-bond donors (Lipinski definition) is 4. The topological polar surface area (TPSA) is 175 Å². The smallest absolute Gasteiger partial charge is 0.202 e. The highest BCUT2D eigenvalue weighted by atomic mass is 35.5. The molecule has 1 heterocycles. The van der Waals surface area contributed by atoms with Gasteiger partial charge in [-0.25, -0.2) is 0 Å². The summed E-state index contributed by atoms with van der Waals surface area (Å²) in [6.45, 7) is 10.2. The molecule has 0 radical (unpaired) electrons. The molecule has 0 bridgehead atoms. The summed E-state index contributed by atoms with van der Waals surface area (Å²) in [7, 11) is 1.35. The maximum Gasteiger partial charge on any atom is 0.202 e. The Kier molecular flexibility index (Phi) is 10.2. The van der Waals surface area contributed by atoms with Crippen molar-refractivity contribution in [2.24, 2.45) is 4.99 Å². The average Bonchev–Trinajstić information content (AvgIpc) is 3.00. The molecule has 3 aliphatic rings. The van der Waals surface area contributed by atoms with Crippen molar-refractivity contribution < 1.29 is 49.0 Å². The average molecular weight is 661 g/mol. The molecule has 1 saturated heterocycles. The van der Waals surface area contributed by atoms with Gasteiger partial charge in [0.1, 0.15) is 29.0 Å². The number of aliphatic hydroxyl groups excluding tert-OH is 1. The Morgan fingerprint density at radius 3 is 2.35 bits per heavy atom. The van der Waals surface area contributed by atoms with Crippen molar-refractivity contribution >= 4 is 35.6 Å². The van der Waals surface area contributed by atoms with Gasteiger partial charge in [0.2, 0.25) is 5.78 Å². The lowest BCUT2D eigenvalue weighted by Crippen LogP contribution is -2.49. The van der Waals surface area contributed by atoms with Crippen LogP contribution in [0.1, 0.15) is 96.5 Å². The zero-order chi connectivity index (χ0) is 33.0. The first-order valence-corrected chi connectivity index (χ1v) is 15.2. The van der Waals surface area contributed by atoms with Crippen LogP contribution in [0.5, 0.6) is 17.2 Å². The van der Waals surface area contributed by atoms with Gasteiger partial charge in [-0.1, -0.05) is 12.1 Å². The van der Waals surface area contributed by atoms with E-state index in [4.69, 9.17) is 19.2 Å². The fourth-order valence-electron chi connectivity index (χ4n) is 6.73. The summed E-state index contributed by atoms with van der Waals surface area (Å²) in [4.78, 5) is 47.0. The van der Waals surface area contributed by atoms with Gasteiger partial charge in [-0.05, 0) is 40.7 Å². The minimum absolute atomic E-state index is 0. The first kappa shape index (κ1) is 35.3. The van der Waals surface area contributed by atoms with Gasteiger partial charge in [0.05, 0.1) is 47.9 Å². The Morgan fingerprint density at radius 2 is 1.74 bits per heavy atom. The van der Waals surface area contributed by atoms with E-state index in [0.29, 0.717) is 0 Å². The molecule has 250 valence electrons.